The highest BCUT2D eigenvalue weighted by Crippen LogP contribution is 2.36. The van der Waals surface area contributed by atoms with E-state index in [4.69, 9.17) is 28.2 Å². The van der Waals surface area contributed by atoms with E-state index >= 15 is 0 Å². The number of carbonyl (C=O) groups excluding carboxylic acids is 1. The lowest BCUT2D eigenvalue weighted by Crippen LogP contribution is -2.14. The van der Waals surface area contributed by atoms with Crippen LogP contribution >= 0.6 is 0 Å². The summed E-state index contributed by atoms with van der Waals surface area (Å²) in [5.74, 6) is 2.67. The van der Waals surface area contributed by atoms with Gasteiger partial charge in [0.25, 0.3) is 0 Å². The highest BCUT2D eigenvalue weighted by Gasteiger charge is 2.16. The Morgan fingerprint density at radius 1 is 1.00 bits per heavy atom. The topological polar surface area (TPSA) is 89.3 Å². The van der Waals surface area contributed by atoms with Gasteiger partial charge in [-0.2, -0.15) is 0 Å². The monoisotopic (exact) mass is 397 g/mol. The molecule has 1 aromatic heterocycles. The molecule has 0 saturated carbocycles. The van der Waals surface area contributed by atoms with E-state index in [1.165, 1.54) is 0 Å². The molecule has 150 valence electrons. The number of esters is 1. The van der Waals surface area contributed by atoms with E-state index in [2.05, 4.69) is 5.16 Å². The summed E-state index contributed by atoms with van der Waals surface area (Å²) in [4.78, 5) is 11.9. The average Bonchev–Trinajstić information content (AvgIpc) is 3.40. The van der Waals surface area contributed by atoms with Crippen LogP contribution in [0.4, 0.5) is 0 Å². The summed E-state index contributed by atoms with van der Waals surface area (Å²) in [6, 6.07) is 14.2. The lowest BCUT2D eigenvalue weighted by Gasteiger charge is -2.07. The van der Waals surface area contributed by atoms with Crippen LogP contribution in [0.1, 0.15) is 12.6 Å². The van der Waals surface area contributed by atoms with Gasteiger partial charge in [-0.1, -0.05) is 5.16 Å². The highest BCUT2D eigenvalue weighted by molar-refractivity contribution is 5.71. The van der Waals surface area contributed by atoms with Crippen molar-refractivity contribution in [3.05, 3.63) is 54.2 Å². The summed E-state index contributed by atoms with van der Waals surface area (Å²) >= 11 is 0. The first kappa shape index (κ1) is 18.7. The Labute approximate surface area is 166 Å². The third-order valence-corrected chi connectivity index (χ3v) is 4.09. The van der Waals surface area contributed by atoms with E-state index in [-0.39, 0.29) is 20.0 Å². The fraction of sp³-hybridized carbons (Fsp3) is 0.238. The number of hydrogen-bond donors (Lipinski definition) is 0. The zero-order chi connectivity index (χ0) is 20.1. The van der Waals surface area contributed by atoms with Crippen molar-refractivity contribution >= 4 is 5.97 Å². The normalized spacial score (nSPS) is 11.9. The average molecular weight is 397 g/mol. The third kappa shape index (κ3) is 4.60. The lowest BCUT2D eigenvalue weighted by atomic mass is 10.1. The van der Waals surface area contributed by atoms with Gasteiger partial charge in [0.15, 0.2) is 23.9 Å². The molecule has 1 aliphatic rings. The maximum atomic E-state index is 11.9. The molecule has 8 heteroatoms. The van der Waals surface area contributed by atoms with E-state index in [0.717, 1.165) is 11.3 Å². The molecule has 3 aromatic rings. The minimum absolute atomic E-state index is 0.0144. The molecule has 0 amide bonds. The first-order valence-corrected chi connectivity index (χ1v) is 9.08. The van der Waals surface area contributed by atoms with Gasteiger partial charge < -0.3 is 28.2 Å². The first-order valence-electron chi connectivity index (χ1n) is 9.08. The van der Waals surface area contributed by atoms with Crippen molar-refractivity contribution in [3.8, 4) is 34.3 Å². The van der Waals surface area contributed by atoms with Crippen LogP contribution < -0.4 is 18.9 Å². The van der Waals surface area contributed by atoms with E-state index in [1.54, 1.807) is 36.4 Å². The van der Waals surface area contributed by atoms with Gasteiger partial charge in [-0.25, -0.2) is 4.79 Å². The standard InChI is InChI=1S/C21H19NO7/c1-2-24-16-4-6-17(7-5-16)25-12-21(23)26-11-15-10-19(29-22-15)14-3-8-18-20(9-14)28-13-27-18/h3-10H,2,11-13H2,1H3. The third-order valence-electron chi connectivity index (χ3n) is 4.09. The fourth-order valence-corrected chi connectivity index (χ4v) is 2.70. The van der Waals surface area contributed by atoms with Gasteiger partial charge in [-0.15, -0.1) is 0 Å². The summed E-state index contributed by atoms with van der Waals surface area (Å²) in [5, 5.41) is 3.92. The van der Waals surface area contributed by atoms with Crippen LogP contribution in [0.5, 0.6) is 23.0 Å². The second kappa shape index (κ2) is 8.55. The van der Waals surface area contributed by atoms with Crippen LogP contribution in [-0.2, 0) is 16.1 Å². The lowest BCUT2D eigenvalue weighted by molar-refractivity contribution is -0.147. The summed E-state index contributed by atoms with van der Waals surface area (Å²) in [7, 11) is 0. The molecule has 0 bridgehead atoms. The van der Waals surface area contributed by atoms with Gasteiger partial charge in [0.05, 0.1) is 6.61 Å². The van der Waals surface area contributed by atoms with Gasteiger partial charge in [-0.05, 0) is 49.4 Å². The van der Waals surface area contributed by atoms with Crippen molar-refractivity contribution in [3.63, 3.8) is 0 Å². The van der Waals surface area contributed by atoms with E-state index in [1.807, 2.05) is 19.1 Å². The second-order valence-electron chi connectivity index (χ2n) is 6.10. The second-order valence-corrected chi connectivity index (χ2v) is 6.10. The minimum Gasteiger partial charge on any atom is -0.494 e. The Morgan fingerprint density at radius 3 is 2.55 bits per heavy atom. The Hall–Kier alpha value is -3.68. The van der Waals surface area contributed by atoms with Crippen LogP contribution in [0.3, 0.4) is 0 Å². The van der Waals surface area contributed by atoms with Gasteiger partial charge in [0.2, 0.25) is 6.79 Å². The summed E-state index contributed by atoms with van der Waals surface area (Å²) < 4.78 is 31.9. The number of fused-ring (bicyclic) bond motifs is 1. The van der Waals surface area contributed by atoms with Crippen molar-refractivity contribution < 1.29 is 33.0 Å². The van der Waals surface area contributed by atoms with Crippen molar-refractivity contribution in [1.82, 2.24) is 5.16 Å². The number of aromatic nitrogens is 1. The van der Waals surface area contributed by atoms with E-state index < -0.39 is 5.97 Å². The van der Waals surface area contributed by atoms with Crippen molar-refractivity contribution in [2.75, 3.05) is 20.0 Å². The van der Waals surface area contributed by atoms with E-state index in [9.17, 15) is 4.79 Å². The predicted molar refractivity (Wildman–Crippen MR) is 101 cm³/mol. The smallest absolute Gasteiger partial charge is 0.344 e. The molecule has 8 nitrogen and oxygen atoms in total. The number of hydrogen-bond acceptors (Lipinski definition) is 8. The zero-order valence-electron chi connectivity index (χ0n) is 15.8. The maximum absolute atomic E-state index is 11.9. The SMILES string of the molecule is CCOc1ccc(OCC(=O)OCc2cc(-c3ccc4c(c3)OCO4)on2)cc1. The Bertz CT molecular complexity index is 981. The molecule has 0 radical (unpaired) electrons. The molecular weight excluding hydrogens is 378 g/mol. The summed E-state index contributed by atoms with van der Waals surface area (Å²) in [6.07, 6.45) is 0. The minimum atomic E-state index is -0.508. The molecule has 0 N–H and O–H groups in total. The molecule has 0 saturated heterocycles. The molecule has 0 atom stereocenters. The number of carbonyl (C=O) groups is 1. The zero-order valence-corrected chi connectivity index (χ0v) is 15.8. The number of benzene rings is 2. The Balaban J connectivity index is 1.26. The van der Waals surface area contributed by atoms with Gasteiger partial charge in [-0.3, -0.25) is 0 Å². The van der Waals surface area contributed by atoms with Crippen LogP contribution in [0.15, 0.2) is 53.1 Å². The maximum Gasteiger partial charge on any atom is 0.344 e. The largest absolute Gasteiger partial charge is 0.494 e. The number of nitrogens with zero attached hydrogens (tertiary/aromatic N) is 1. The summed E-state index contributed by atoms with van der Waals surface area (Å²) in [5.41, 5.74) is 1.28. The molecule has 0 unspecified atom stereocenters. The van der Waals surface area contributed by atoms with Crippen molar-refractivity contribution in [2.24, 2.45) is 0 Å². The highest BCUT2D eigenvalue weighted by atomic mass is 16.7. The van der Waals surface area contributed by atoms with Gasteiger partial charge >= 0.3 is 5.97 Å². The molecule has 2 aromatic carbocycles. The van der Waals surface area contributed by atoms with Crippen LogP contribution in [0, 0.1) is 0 Å². The molecule has 0 fully saturated rings. The van der Waals surface area contributed by atoms with Crippen LogP contribution in [0.25, 0.3) is 11.3 Å². The molecular formula is C21H19NO7. The van der Waals surface area contributed by atoms with Crippen molar-refractivity contribution in [1.29, 1.82) is 0 Å². The Kier molecular flexibility index (Phi) is 5.51. The Morgan fingerprint density at radius 2 is 1.76 bits per heavy atom. The molecule has 0 aliphatic carbocycles. The molecule has 2 heterocycles. The number of ether oxygens (including phenoxy) is 5. The number of rotatable bonds is 8. The molecule has 4 rings (SSSR count). The molecule has 0 spiro atoms. The van der Waals surface area contributed by atoms with Crippen molar-refractivity contribution in [2.45, 2.75) is 13.5 Å². The van der Waals surface area contributed by atoms with Gasteiger partial charge in [0, 0.05) is 11.6 Å². The quantitative estimate of drug-likeness (QED) is 0.533. The van der Waals surface area contributed by atoms with E-state index in [0.29, 0.717) is 35.3 Å². The molecule has 29 heavy (non-hydrogen) atoms. The van der Waals surface area contributed by atoms with Crippen LogP contribution in [0.2, 0.25) is 0 Å². The van der Waals surface area contributed by atoms with Gasteiger partial charge in [0.1, 0.15) is 23.8 Å². The summed E-state index contributed by atoms with van der Waals surface area (Å²) in [6.45, 7) is 2.48. The fourth-order valence-electron chi connectivity index (χ4n) is 2.70. The van der Waals surface area contributed by atoms with Crippen LogP contribution in [-0.4, -0.2) is 31.1 Å². The first-order chi connectivity index (χ1) is 14.2. The predicted octanol–water partition coefficient (Wildman–Crippen LogP) is 3.59. The molecule has 1 aliphatic heterocycles.